The molecule has 214 valence electrons. The third-order valence-corrected chi connectivity index (χ3v) is 7.31. The van der Waals surface area contributed by atoms with E-state index in [0.29, 0.717) is 37.7 Å². The number of aliphatic imine (C=N–C) groups is 1. The van der Waals surface area contributed by atoms with E-state index in [-0.39, 0.29) is 41.3 Å². The van der Waals surface area contributed by atoms with E-state index < -0.39 is 40.4 Å². The molecule has 0 fully saturated rings. The van der Waals surface area contributed by atoms with E-state index in [9.17, 15) is 33.0 Å². The van der Waals surface area contributed by atoms with Crippen molar-refractivity contribution in [3.05, 3.63) is 48.5 Å². The van der Waals surface area contributed by atoms with Crippen LogP contribution in [0, 0.1) is 0 Å². The van der Waals surface area contributed by atoms with Crippen LogP contribution in [0.1, 0.15) is 6.42 Å². The summed E-state index contributed by atoms with van der Waals surface area (Å²) < 4.78 is 57.1. The van der Waals surface area contributed by atoms with Crippen LogP contribution in [0.15, 0.2) is 53.5 Å². The number of benzene rings is 5. The summed E-state index contributed by atoms with van der Waals surface area (Å²) in [5.74, 6) is -0.514. The average Bonchev–Trinajstić information content (AvgIpc) is 2.89. The van der Waals surface area contributed by atoms with E-state index in [1.54, 1.807) is 30.3 Å². The van der Waals surface area contributed by atoms with Gasteiger partial charge >= 0.3 is 24.5 Å². The maximum Gasteiger partial charge on any atom is 0.523 e. The molecule has 0 saturated heterocycles. The fourth-order valence-corrected chi connectivity index (χ4v) is 5.57. The summed E-state index contributed by atoms with van der Waals surface area (Å²) in [7, 11) is -4.20. The van der Waals surface area contributed by atoms with Gasteiger partial charge in [-0.25, -0.2) is 19.4 Å². The van der Waals surface area contributed by atoms with E-state index in [0.717, 1.165) is 0 Å². The van der Waals surface area contributed by atoms with E-state index in [2.05, 4.69) is 4.99 Å². The minimum absolute atomic E-state index is 0.0683. The number of nitrogens with zero attached hydrogens (tertiary/aromatic N) is 1. The normalized spacial score (nSPS) is 14.4. The smallest absolute Gasteiger partial charge is 0.449 e. The van der Waals surface area contributed by atoms with E-state index in [4.69, 9.17) is 28.2 Å². The van der Waals surface area contributed by atoms with E-state index >= 15 is 0 Å². The lowest BCUT2D eigenvalue weighted by Crippen LogP contribution is -2.23. The molecule has 14 nitrogen and oxygen atoms in total. The monoisotopic (exact) mass is 595 g/mol. The fourth-order valence-electron chi connectivity index (χ4n) is 5.07. The van der Waals surface area contributed by atoms with Crippen molar-refractivity contribution in [1.29, 1.82) is 0 Å². The van der Waals surface area contributed by atoms with Crippen molar-refractivity contribution in [2.45, 2.75) is 6.42 Å². The van der Waals surface area contributed by atoms with Gasteiger partial charge in [-0.3, -0.25) is 4.55 Å². The Morgan fingerprint density at radius 1 is 0.714 bits per heavy atom. The molecule has 0 saturated carbocycles. The first kappa shape index (κ1) is 26.8. The number of rotatable bonds is 6. The van der Waals surface area contributed by atoms with Crippen molar-refractivity contribution in [1.82, 2.24) is 0 Å². The first-order chi connectivity index (χ1) is 20.0. The lowest BCUT2D eigenvalue weighted by atomic mass is 9.88. The topological polar surface area (TPSA) is 205 Å². The quantitative estimate of drug-likeness (QED) is 0.0563. The SMILES string of the molecule is O=C(O)Oc1ccc2c3ccc4c5c(ccc(c6ccc(OC(=O)O)c1c26)c53)OC(=NCCCS(=O)(=O)O)OC(=O)O4. The minimum Gasteiger partial charge on any atom is -0.449 e. The average molecular weight is 595 g/mol. The Balaban J connectivity index is 1.60. The van der Waals surface area contributed by atoms with Gasteiger partial charge in [0, 0.05) is 17.3 Å². The summed E-state index contributed by atoms with van der Waals surface area (Å²) in [6.45, 7) is -0.145. The second-order valence-corrected chi connectivity index (χ2v) is 10.6. The van der Waals surface area contributed by atoms with Gasteiger partial charge in [0.2, 0.25) is 0 Å². The van der Waals surface area contributed by atoms with Crippen molar-refractivity contribution in [3.63, 3.8) is 0 Å². The first-order valence-electron chi connectivity index (χ1n) is 12.1. The number of carbonyl (C=O) groups is 3. The van der Waals surface area contributed by atoms with Gasteiger partial charge < -0.3 is 33.9 Å². The highest BCUT2D eigenvalue weighted by Crippen LogP contribution is 2.49. The maximum absolute atomic E-state index is 12.5. The Morgan fingerprint density at radius 3 is 1.74 bits per heavy atom. The number of carbonyl (C=O) groups excluding carboxylic acids is 1. The van der Waals surface area contributed by atoms with Gasteiger partial charge in [0.15, 0.2) is 0 Å². The lowest BCUT2D eigenvalue weighted by molar-refractivity contribution is 0.135. The first-order valence-corrected chi connectivity index (χ1v) is 13.7. The molecule has 5 aromatic carbocycles. The standard InChI is InChI=1S/C27H17NO13S/c29-25(30)38-17-7-3-13-12-2-6-16-22-19(40-27(33)41-24(37-16)28-10-1-11-42(34,35)36)9-5-15(20(12)22)14-4-8-18(39-26(31)32)23(17)21(13)14/h2-9H,1,10-11H2,(H,29,30)(H,31,32)(H,34,35,36). The number of hydrogen-bond donors (Lipinski definition) is 3. The summed E-state index contributed by atoms with van der Waals surface area (Å²) in [5.41, 5.74) is 0. The van der Waals surface area contributed by atoms with Crippen LogP contribution in [0.25, 0.3) is 43.1 Å². The summed E-state index contributed by atoms with van der Waals surface area (Å²) in [6.07, 6.45) is -4.92. The predicted octanol–water partition coefficient (Wildman–Crippen LogP) is 5.39. The molecule has 3 N–H and O–H groups in total. The Hall–Kier alpha value is -5.41. The van der Waals surface area contributed by atoms with Gasteiger partial charge in [-0.1, -0.05) is 0 Å². The van der Waals surface area contributed by atoms with Gasteiger partial charge in [0.25, 0.3) is 10.1 Å². The predicted molar refractivity (Wildman–Crippen MR) is 146 cm³/mol. The molecule has 0 aliphatic carbocycles. The molecule has 1 aliphatic heterocycles. The zero-order valence-corrected chi connectivity index (χ0v) is 21.8. The molecule has 15 heteroatoms. The second-order valence-electron chi connectivity index (χ2n) is 9.02. The van der Waals surface area contributed by atoms with Crippen LogP contribution in [-0.4, -0.2) is 60.0 Å². The molecule has 0 unspecified atom stereocenters. The molecular formula is C27H17NO13S. The van der Waals surface area contributed by atoms with Crippen molar-refractivity contribution in [3.8, 4) is 23.0 Å². The number of hydrogen-bond acceptors (Lipinski definition) is 11. The third kappa shape index (κ3) is 4.76. The van der Waals surface area contributed by atoms with Crippen LogP contribution in [0.2, 0.25) is 0 Å². The second kappa shape index (κ2) is 9.90. The highest BCUT2D eigenvalue weighted by molar-refractivity contribution is 7.85. The summed E-state index contributed by atoms with van der Waals surface area (Å²) in [6, 6.07) is 12.4. The zero-order valence-electron chi connectivity index (χ0n) is 21.0. The summed E-state index contributed by atoms with van der Waals surface area (Å²) >= 11 is 0. The Bertz CT molecular complexity index is 2030. The number of cyclic esters (lactones) is 1. The van der Waals surface area contributed by atoms with Crippen molar-refractivity contribution < 1.29 is 61.3 Å². The molecule has 42 heavy (non-hydrogen) atoms. The van der Waals surface area contributed by atoms with Crippen LogP contribution in [0.4, 0.5) is 14.4 Å². The largest absolute Gasteiger partial charge is 0.523 e. The highest BCUT2D eigenvalue weighted by Gasteiger charge is 2.27. The molecule has 6 rings (SSSR count). The molecule has 0 bridgehead atoms. The Labute approximate surface area is 234 Å². The van der Waals surface area contributed by atoms with Crippen LogP contribution < -0.4 is 18.9 Å². The zero-order chi connectivity index (χ0) is 29.8. The van der Waals surface area contributed by atoms with Crippen LogP contribution in [0.5, 0.6) is 23.0 Å². The molecule has 0 amide bonds. The molecule has 0 aromatic heterocycles. The van der Waals surface area contributed by atoms with Crippen LogP contribution >= 0.6 is 0 Å². The lowest BCUT2D eigenvalue weighted by Gasteiger charge is -2.21. The number of carboxylic acid groups (broad SMARTS) is 2. The number of ether oxygens (including phenoxy) is 5. The molecule has 0 spiro atoms. The van der Waals surface area contributed by atoms with E-state index in [1.165, 1.54) is 18.2 Å². The van der Waals surface area contributed by atoms with Gasteiger partial charge in [0.1, 0.15) is 23.0 Å². The van der Waals surface area contributed by atoms with E-state index in [1.807, 2.05) is 0 Å². The molecule has 1 aliphatic rings. The van der Waals surface area contributed by atoms with Crippen molar-refractivity contribution >= 4 is 77.8 Å². The Kier molecular flexibility index (Phi) is 6.31. The fraction of sp³-hybridized carbons (Fsp3) is 0.111. The van der Waals surface area contributed by atoms with Crippen molar-refractivity contribution in [2.75, 3.05) is 12.3 Å². The highest BCUT2D eigenvalue weighted by atomic mass is 32.2. The Morgan fingerprint density at radius 2 is 1.21 bits per heavy atom. The minimum atomic E-state index is -4.20. The molecular weight excluding hydrogens is 578 g/mol. The molecule has 1 heterocycles. The van der Waals surface area contributed by atoms with Gasteiger partial charge in [-0.15, -0.1) is 0 Å². The van der Waals surface area contributed by atoms with Gasteiger partial charge in [-0.2, -0.15) is 8.42 Å². The molecule has 0 radical (unpaired) electrons. The summed E-state index contributed by atoms with van der Waals surface area (Å²) in [4.78, 5) is 39.3. The maximum atomic E-state index is 12.5. The van der Waals surface area contributed by atoms with Crippen molar-refractivity contribution in [2.24, 2.45) is 4.99 Å². The number of fused-ring (bicyclic) bond motifs is 2. The van der Waals surface area contributed by atoms with Gasteiger partial charge in [0.05, 0.1) is 16.5 Å². The molecule has 5 aromatic rings. The van der Waals surface area contributed by atoms with Gasteiger partial charge in [-0.05, 0) is 76.5 Å². The molecule has 0 atom stereocenters. The van der Waals surface area contributed by atoms with Crippen LogP contribution in [0.3, 0.4) is 0 Å². The van der Waals surface area contributed by atoms with Crippen LogP contribution in [-0.2, 0) is 14.9 Å². The summed E-state index contributed by atoms with van der Waals surface area (Å²) in [5, 5.41) is 22.5. The third-order valence-electron chi connectivity index (χ3n) is 6.51.